The molecule has 1 aromatic carbocycles. The van der Waals surface area contributed by atoms with E-state index in [1.54, 1.807) is 0 Å². The molecule has 2 N–H and O–H groups in total. The summed E-state index contributed by atoms with van der Waals surface area (Å²) in [4.78, 5) is 10.8. The molecule has 6 nitrogen and oxygen atoms in total. The average Bonchev–Trinajstić information content (AvgIpc) is 2.91. The molecule has 1 saturated carbocycles. The summed E-state index contributed by atoms with van der Waals surface area (Å²) in [5, 5.41) is 9.00. The van der Waals surface area contributed by atoms with E-state index in [4.69, 9.17) is 9.84 Å². The number of ether oxygens (including phenoxy) is 1. The van der Waals surface area contributed by atoms with E-state index >= 15 is 0 Å². The van der Waals surface area contributed by atoms with Gasteiger partial charge in [0.05, 0.1) is 16.6 Å². The summed E-state index contributed by atoms with van der Waals surface area (Å²) in [7, 11) is -3.88. The maximum absolute atomic E-state index is 12.1. The Morgan fingerprint density at radius 1 is 1.30 bits per heavy atom. The number of sulfonamides is 1. The van der Waals surface area contributed by atoms with Crippen molar-refractivity contribution in [3.63, 3.8) is 0 Å². The summed E-state index contributed by atoms with van der Waals surface area (Å²) in [5.74, 6) is -1.28. The first-order valence-corrected chi connectivity index (χ1v) is 7.92. The van der Waals surface area contributed by atoms with E-state index in [0.717, 1.165) is 25.7 Å². The minimum absolute atomic E-state index is 0.0902. The van der Waals surface area contributed by atoms with Gasteiger partial charge in [0, 0.05) is 0 Å². The van der Waals surface area contributed by atoms with Gasteiger partial charge in [-0.2, -0.15) is 4.72 Å². The molecule has 0 saturated heterocycles. The van der Waals surface area contributed by atoms with Gasteiger partial charge in [-0.3, -0.25) is 0 Å². The lowest BCUT2D eigenvalue weighted by Crippen LogP contribution is -2.29. The molecule has 2 rings (SSSR count). The fourth-order valence-electron chi connectivity index (χ4n) is 2.24. The van der Waals surface area contributed by atoms with Crippen molar-refractivity contribution in [2.45, 2.75) is 36.7 Å². The molecule has 0 aliphatic heterocycles. The van der Waals surface area contributed by atoms with Gasteiger partial charge in [-0.1, -0.05) is 25.0 Å². The number of carboxylic acid groups (broad SMARTS) is 1. The lowest BCUT2D eigenvalue weighted by Gasteiger charge is -2.13. The molecular weight excluding hydrogens is 282 g/mol. The van der Waals surface area contributed by atoms with Crippen LogP contribution < -0.4 is 4.72 Å². The Balaban J connectivity index is 2.04. The number of carbonyl (C=O) groups is 1. The smallest absolute Gasteiger partial charge is 0.337 e. The second-order valence-corrected chi connectivity index (χ2v) is 6.40. The van der Waals surface area contributed by atoms with Gasteiger partial charge in [-0.15, -0.1) is 0 Å². The van der Waals surface area contributed by atoms with Gasteiger partial charge in [0.1, 0.15) is 6.73 Å². The molecule has 1 aliphatic carbocycles. The number of rotatable bonds is 6. The number of aromatic carboxylic acids is 1. The molecule has 110 valence electrons. The van der Waals surface area contributed by atoms with E-state index in [-0.39, 0.29) is 23.3 Å². The van der Waals surface area contributed by atoms with Crippen LogP contribution in [-0.2, 0) is 14.8 Å². The molecule has 0 atom stereocenters. The Bertz CT molecular complexity index is 578. The highest BCUT2D eigenvalue weighted by molar-refractivity contribution is 7.89. The first-order valence-electron chi connectivity index (χ1n) is 6.44. The van der Waals surface area contributed by atoms with Crippen LogP contribution >= 0.6 is 0 Å². The highest BCUT2D eigenvalue weighted by Gasteiger charge is 2.22. The maximum atomic E-state index is 12.1. The van der Waals surface area contributed by atoms with Crippen LogP contribution in [-0.4, -0.2) is 32.3 Å². The fourth-order valence-corrected chi connectivity index (χ4v) is 3.32. The van der Waals surface area contributed by atoms with Gasteiger partial charge in [-0.05, 0) is 25.0 Å². The SMILES string of the molecule is O=C(O)c1ccccc1S(=O)(=O)NCOC1CCCC1. The van der Waals surface area contributed by atoms with Crippen LogP contribution in [0.25, 0.3) is 0 Å². The van der Waals surface area contributed by atoms with Gasteiger partial charge in [0.15, 0.2) is 0 Å². The van der Waals surface area contributed by atoms with E-state index in [9.17, 15) is 13.2 Å². The van der Waals surface area contributed by atoms with Crippen LogP contribution in [0, 0.1) is 0 Å². The first kappa shape index (κ1) is 15.0. The van der Waals surface area contributed by atoms with Crippen molar-refractivity contribution in [1.82, 2.24) is 4.72 Å². The van der Waals surface area contributed by atoms with Crippen molar-refractivity contribution in [1.29, 1.82) is 0 Å². The second-order valence-electron chi connectivity index (χ2n) is 4.67. The second kappa shape index (κ2) is 6.34. The number of hydrogen-bond donors (Lipinski definition) is 2. The summed E-state index contributed by atoms with van der Waals surface area (Å²) in [6, 6.07) is 5.49. The molecular formula is C13H17NO5S. The molecule has 0 heterocycles. The quantitative estimate of drug-likeness (QED) is 0.778. The topological polar surface area (TPSA) is 92.7 Å². The molecule has 1 fully saturated rings. The Hall–Kier alpha value is -1.44. The summed E-state index contributed by atoms with van der Waals surface area (Å²) in [6.07, 6.45) is 4.16. The molecule has 0 amide bonds. The Morgan fingerprint density at radius 3 is 2.60 bits per heavy atom. The Kier molecular flexibility index (Phi) is 4.74. The molecule has 1 aliphatic rings. The van der Waals surface area contributed by atoms with Gasteiger partial charge < -0.3 is 9.84 Å². The molecule has 0 unspecified atom stereocenters. The van der Waals surface area contributed by atoms with Crippen LogP contribution in [0.3, 0.4) is 0 Å². The van der Waals surface area contributed by atoms with Gasteiger partial charge >= 0.3 is 5.97 Å². The van der Waals surface area contributed by atoms with Crippen LogP contribution in [0.15, 0.2) is 29.2 Å². The van der Waals surface area contributed by atoms with Crippen LogP contribution in [0.4, 0.5) is 0 Å². The van der Waals surface area contributed by atoms with Crippen LogP contribution in [0.1, 0.15) is 36.0 Å². The lowest BCUT2D eigenvalue weighted by molar-refractivity contribution is 0.0557. The predicted molar refractivity (Wildman–Crippen MR) is 71.9 cm³/mol. The maximum Gasteiger partial charge on any atom is 0.337 e. The van der Waals surface area contributed by atoms with E-state index in [1.807, 2.05) is 0 Å². The third kappa shape index (κ3) is 3.56. The monoisotopic (exact) mass is 299 g/mol. The first-order chi connectivity index (χ1) is 9.50. The standard InChI is InChI=1S/C13H17NO5S/c15-13(16)11-7-3-4-8-12(11)20(17,18)14-9-19-10-5-1-2-6-10/h3-4,7-8,10,14H,1-2,5-6,9H2,(H,15,16). The van der Waals surface area contributed by atoms with Crippen molar-refractivity contribution in [3.05, 3.63) is 29.8 Å². The lowest BCUT2D eigenvalue weighted by atomic mass is 10.2. The summed E-state index contributed by atoms with van der Waals surface area (Å²) in [5.41, 5.74) is -0.249. The van der Waals surface area contributed by atoms with E-state index < -0.39 is 16.0 Å². The van der Waals surface area contributed by atoms with E-state index in [0.29, 0.717) is 0 Å². The highest BCUT2D eigenvalue weighted by Crippen LogP contribution is 2.21. The Morgan fingerprint density at radius 2 is 1.95 bits per heavy atom. The molecule has 0 radical (unpaired) electrons. The number of hydrogen-bond acceptors (Lipinski definition) is 4. The van der Waals surface area contributed by atoms with Gasteiger partial charge in [0.2, 0.25) is 10.0 Å². The number of carboxylic acids is 1. The van der Waals surface area contributed by atoms with E-state index in [1.165, 1.54) is 24.3 Å². The molecule has 0 bridgehead atoms. The highest BCUT2D eigenvalue weighted by atomic mass is 32.2. The van der Waals surface area contributed by atoms with Crippen molar-refractivity contribution in [2.75, 3.05) is 6.73 Å². The zero-order chi connectivity index (χ0) is 14.6. The summed E-state index contributed by atoms with van der Waals surface area (Å²) < 4.78 is 31.9. The Labute approximate surface area is 117 Å². The van der Waals surface area contributed by atoms with Gasteiger partial charge in [0.25, 0.3) is 0 Å². The molecule has 20 heavy (non-hydrogen) atoms. The third-order valence-electron chi connectivity index (χ3n) is 3.28. The van der Waals surface area contributed by atoms with Crippen molar-refractivity contribution >= 4 is 16.0 Å². The van der Waals surface area contributed by atoms with Crippen LogP contribution in [0.2, 0.25) is 0 Å². The zero-order valence-electron chi connectivity index (χ0n) is 10.9. The fraction of sp³-hybridized carbons (Fsp3) is 0.462. The van der Waals surface area contributed by atoms with Crippen molar-refractivity contribution < 1.29 is 23.1 Å². The molecule has 0 aromatic heterocycles. The predicted octanol–water partition coefficient (Wildman–Crippen LogP) is 1.58. The van der Waals surface area contributed by atoms with Crippen molar-refractivity contribution in [2.24, 2.45) is 0 Å². The minimum Gasteiger partial charge on any atom is -0.478 e. The molecule has 0 spiro atoms. The summed E-state index contributed by atoms with van der Waals surface area (Å²) in [6.45, 7) is -0.138. The number of nitrogens with one attached hydrogen (secondary N) is 1. The third-order valence-corrected chi connectivity index (χ3v) is 4.71. The largest absolute Gasteiger partial charge is 0.478 e. The molecule has 7 heteroatoms. The zero-order valence-corrected chi connectivity index (χ0v) is 11.7. The minimum atomic E-state index is -3.88. The number of benzene rings is 1. The van der Waals surface area contributed by atoms with Crippen molar-refractivity contribution in [3.8, 4) is 0 Å². The van der Waals surface area contributed by atoms with Gasteiger partial charge in [-0.25, -0.2) is 13.2 Å². The van der Waals surface area contributed by atoms with E-state index in [2.05, 4.69) is 4.72 Å². The molecule has 1 aromatic rings. The summed E-state index contributed by atoms with van der Waals surface area (Å²) >= 11 is 0. The van der Waals surface area contributed by atoms with Crippen LogP contribution in [0.5, 0.6) is 0 Å². The normalized spacial score (nSPS) is 16.4. The average molecular weight is 299 g/mol.